The van der Waals surface area contributed by atoms with Gasteiger partial charge in [-0.1, -0.05) is 42.5 Å². The van der Waals surface area contributed by atoms with Crippen molar-refractivity contribution in [3.05, 3.63) is 94.8 Å². The molecule has 2 heterocycles. The number of nitrogens with zero attached hydrogens (tertiary/aromatic N) is 2. The number of anilines is 2. The summed E-state index contributed by atoms with van der Waals surface area (Å²) in [5, 5.41) is 3.13. The molecule has 192 valence electrons. The number of carbonyl (C=O) groups excluding carboxylic acids is 2. The van der Waals surface area contributed by atoms with E-state index in [0.29, 0.717) is 24.9 Å². The molecule has 0 aromatic heterocycles. The third-order valence-electron chi connectivity index (χ3n) is 7.60. The van der Waals surface area contributed by atoms with E-state index in [4.69, 9.17) is 0 Å². The molecule has 2 fully saturated rings. The van der Waals surface area contributed by atoms with Crippen molar-refractivity contribution in [1.82, 2.24) is 4.90 Å². The Labute approximate surface area is 218 Å². The van der Waals surface area contributed by atoms with Crippen molar-refractivity contribution in [2.45, 2.75) is 45.6 Å². The van der Waals surface area contributed by atoms with Gasteiger partial charge in [0.25, 0.3) is 5.91 Å². The monoisotopic (exact) mass is 499 g/mol. The quantitative estimate of drug-likeness (QED) is 0.450. The topological polar surface area (TPSA) is 52.7 Å². The lowest BCUT2D eigenvalue weighted by Gasteiger charge is -2.41. The minimum atomic E-state index is -0.514. The van der Waals surface area contributed by atoms with Crippen molar-refractivity contribution >= 4 is 23.2 Å². The lowest BCUT2D eigenvalue weighted by Crippen LogP contribution is -2.46. The molecule has 2 amide bonds. The number of amides is 2. The first-order chi connectivity index (χ1) is 17.9. The predicted octanol–water partition coefficient (Wildman–Crippen LogP) is 6.27. The molecule has 2 aliphatic heterocycles. The normalized spacial score (nSPS) is 19.6. The van der Waals surface area contributed by atoms with Gasteiger partial charge in [0.2, 0.25) is 5.91 Å². The summed E-state index contributed by atoms with van der Waals surface area (Å²) < 4.78 is 15.0. The minimum Gasteiger partial charge on any atom is -0.371 e. The molecule has 0 spiro atoms. The van der Waals surface area contributed by atoms with E-state index in [9.17, 15) is 9.59 Å². The molecule has 0 radical (unpaired) electrons. The fourth-order valence-electron chi connectivity index (χ4n) is 5.88. The second-order valence-electron chi connectivity index (χ2n) is 10.3. The molecule has 0 saturated carbocycles. The number of piperidine rings is 1. The number of likely N-dealkylation sites (tertiary alicyclic amines) is 1. The van der Waals surface area contributed by atoms with Crippen molar-refractivity contribution < 1.29 is 14.0 Å². The largest absolute Gasteiger partial charge is 0.371 e. The summed E-state index contributed by atoms with van der Waals surface area (Å²) in [5.41, 5.74) is 4.22. The summed E-state index contributed by atoms with van der Waals surface area (Å²) in [7, 11) is 0. The van der Waals surface area contributed by atoms with Gasteiger partial charge in [0, 0.05) is 31.0 Å². The van der Waals surface area contributed by atoms with E-state index >= 15 is 4.39 Å². The van der Waals surface area contributed by atoms with Crippen LogP contribution in [0.4, 0.5) is 15.8 Å². The lowest BCUT2D eigenvalue weighted by atomic mass is 9.83. The van der Waals surface area contributed by atoms with E-state index in [2.05, 4.69) is 16.3 Å². The van der Waals surface area contributed by atoms with Gasteiger partial charge in [-0.3, -0.25) is 9.59 Å². The summed E-state index contributed by atoms with van der Waals surface area (Å²) in [6.45, 7) is 6.11. The highest BCUT2D eigenvalue weighted by molar-refractivity contribution is 5.98. The van der Waals surface area contributed by atoms with Crippen LogP contribution < -0.4 is 10.2 Å². The van der Waals surface area contributed by atoms with E-state index in [1.54, 1.807) is 11.8 Å². The molecule has 3 aromatic rings. The Morgan fingerprint density at radius 1 is 0.892 bits per heavy atom. The number of nitrogens with one attached hydrogen (secondary N) is 1. The van der Waals surface area contributed by atoms with Crippen LogP contribution >= 0.6 is 0 Å². The van der Waals surface area contributed by atoms with Gasteiger partial charge >= 0.3 is 0 Å². The van der Waals surface area contributed by atoms with Crippen LogP contribution in [0.15, 0.2) is 66.7 Å². The Kier molecular flexibility index (Phi) is 7.26. The van der Waals surface area contributed by atoms with Crippen LogP contribution in [0.1, 0.15) is 58.8 Å². The van der Waals surface area contributed by atoms with Crippen molar-refractivity contribution in [2.75, 3.05) is 29.9 Å². The Balaban J connectivity index is 1.45. The molecule has 37 heavy (non-hydrogen) atoms. The van der Waals surface area contributed by atoms with Gasteiger partial charge < -0.3 is 15.1 Å². The minimum absolute atomic E-state index is 0.0888. The highest BCUT2D eigenvalue weighted by Crippen LogP contribution is 2.38. The Hall–Kier alpha value is -3.67. The average Bonchev–Trinajstić information content (AvgIpc) is 3.43. The molecule has 0 aliphatic carbocycles. The lowest BCUT2D eigenvalue weighted by molar-refractivity contribution is -0.123. The van der Waals surface area contributed by atoms with Crippen LogP contribution in [0, 0.1) is 25.6 Å². The van der Waals surface area contributed by atoms with E-state index in [1.807, 2.05) is 61.5 Å². The number of halogens is 1. The summed E-state index contributed by atoms with van der Waals surface area (Å²) in [6.07, 6.45) is 3.69. The van der Waals surface area contributed by atoms with Gasteiger partial charge in [0.1, 0.15) is 5.82 Å². The molecule has 2 saturated heterocycles. The fourth-order valence-corrected chi connectivity index (χ4v) is 5.88. The number of benzene rings is 3. The van der Waals surface area contributed by atoms with Gasteiger partial charge in [0.05, 0.1) is 17.5 Å². The maximum atomic E-state index is 15.0. The molecule has 5 rings (SSSR count). The second-order valence-corrected chi connectivity index (χ2v) is 10.3. The third kappa shape index (κ3) is 5.24. The molecule has 3 aromatic carbocycles. The first-order valence-electron chi connectivity index (χ1n) is 13.2. The van der Waals surface area contributed by atoms with Crippen LogP contribution in [0.2, 0.25) is 0 Å². The maximum absolute atomic E-state index is 15.0. The molecule has 2 atom stereocenters. The first-order valence-corrected chi connectivity index (χ1v) is 13.2. The molecular weight excluding hydrogens is 465 g/mol. The highest BCUT2D eigenvalue weighted by atomic mass is 19.1. The van der Waals surface area contributed by atoms with E-state index in [0.717, 1.165) is 35.6 Å². The second kappa shape index (κ2) is 10.8. The molecule has 2 aliphatic rings. The summed E-state index contributed by atoms with van der Waals surface area (Å²) >= 11 is 0. The van der Waals surface area contributed by atoms with Crippen LogP contribution in [0.5, 0.6) is 0 Å². The molecule has 0 unspecified atom stereocenters. The number of rotatable bonds is 5. The molecule has 0 bridgehead atoms. The van der Waals surface area contributed by atoms with Crippen LogP contribution in [0.25, 0.3) is 0 Å². The Morgan fingerprint density at radius 2 is 1.65 bits per heavy atom. The average molecular weight is 500 g/mol. The summed E-state index contributed by atoms with van der Waals surface area (Å²) in [6, 6.07) is 20.4. The predicted molar refractivity (Wildman–Crippen MR) is 145 cm³/mol. The van der Waals surface area contributed by atoms with E-state index in [1.165, 1.54) is 18.9 Å². The zero-order chi connectivity index (χ0) is 25.9. The van der Waals surface area contributed by atoms with E-state index in [-0.39, 0.29) is 17.4 Å². The van der Waals surface area contributed by atoms with Gasteiger partial charge in [-0.05, 0) is 80.5 Å². The SMILES string of the molecule is Cc1cc(C)c(C(=O)N2CCC[C@H](C(=O)Nc3cccc(N4CCCC4)c3)[C@@H]2c2ccccc2)c(F)c1. The molecule has 5 nitrogen and oxygen atoms in total. The smallest absolute Gasteiger partial charge is 0.257 e. The number of hydrogen-bond acceptors (Lipinski definition) is 3. The van der Waals surface area contributed by atoms with E-state index < -0.39 is 17.8 Å². The van der Waals surface area contributed by atoms with Gasteiger partial charge in [-0.15, -0.1) is 0 Å². The fraction of sp³-hybridized carbons (Fsp3) is 0.355. The number of carbonyl (C=O) groups is 2. The highest BCUT2D eigenvalue weighted by Gasteiger charge is 2.40. The van der Waals surface area contributed by atoms with Crippen LogP contribution in [-0.2, 0) is 4.79 Å². The number of hydrogen-bond donors (Lipinski definition) is 1. The first kappa shape index (κ1) is 25.0. The summed E-state index contributed by atoms with van der Waals surface area (Å²) in [5.74, 6) is -1.45. The molecule has 1 N–H and O–H groups in total. The zero-order valence-corrected chi connectivity index (χ0v) is 21.5. The standard InChI is InChI=1S/C31H34FN3O2/c1-21-18-22(2)28(27(32)19-21)31(37)35-17-9-14-26(29(35)23-10-4-3-5-11-23)30(36)33-24-12-8-13-25(20-24)34-15-6-7-16-34/h3-5,8,10-13,18-20,26,29H,6-7,9,14-17H2,1-2H3,(H,33,36)/t26-,29-/m0/s1. The van der Waals surface area contributed by atoms with Crippen molar-refractivity contribution in [3.63, 3.8) is 0 Å². The zero-order valence-electron chi connectivity index (χ0n) is 21.5. The van der Waals surface area contributed by atoms with Crippen molar-refractivity contribution in [1.29, 1.82) is 0 Å². The van der Waals surface area contributed by atoms with Gasteiger partial charge in [-0.2, -0.15) is 0 Å². The van der Waals surface area contributed by atoms with Crippen molar-refractivity contribution in [2.24, 2.45) is 5.92 Å². The Bertz CT molecular complexity index is 1260. The van der Waals surface area contributed by atoms with Crippen LogP contribution in [0.3, 0.4) is 0 Å². The maximum Gasteiger partial charge on any atom is 0.257 e. The van der Waals surface area contributed by atoms with Gasteiger partial charge in [-0.25, -0.2) is 4.39 Å². The third-order valence-corrected chi connectivity index (χ3v) is 7.60. The number of aryl methyl sites for hydroxylation is 2. The van der Waals surface area contributed by atoms with Gasteiger partial charge in [0.15, 0.2) is 0 Å². The molecular formula is C31H34FN3O2. The summed E-state index contributed by atoms with van der Waals surface area (Å²) in [4.78, 5) is 31.6. The molecule has 6 heteroatoms. The van der Waals surface area contributed by atoms with Crippen LogP contribution in [-0.4, -0.2) is 36.3 Å². The Morgan fingerprint density at radius 3 is 2.38 bits per heavy atom. The van der Waals surface area contributed by atoms with Crippen molar-refractivity contribution in [3.8, 4) is 0 Å².